The van der Waals surface area contributed by atoms with Crippen molar-refractivity contribution in [2.24, 2.45) is 5.73 Å². The first-order valence-electron chi connectivity index (χ1n) is 2.74. The molecule has 0 radical (unpaired) electrons. The van der Waals surface area contributed by atoms with Crippen LogP contribution in [0.5, 0.6) is 0 Å². The third-order valence-corrected chi connectivity index (χ3v) is 1.61. The van der Waals surface area contributed by atoms with Gasteiger partial charge >= 0.3 is 0 Å². The highest BCUT2D eigenvalue weighted by Gasteiger charge is 1.98. The number of nitrogens with zero attached hydrogens (tertiary/aromatic N) is 1. The number of hydrogen-bond donors (Lipinski definition) is 1. The smallest absolute Gasteiger partial charge is 0.0726 e. The predicted octanol–water partition coefficient (Wildman–Crippen LogP) is 2.27. The normalized spacial score (nSPS) is 9.00. The topological polar surface area (TPSA) is 38.9 Å². The lowest BCUT2D eigenvalue weighted by atomic mass is 10.3. The lowest BCUT2D eigenvalue weighted by Crippen LogP contribution is -1.99. The Kier molecular flexibility index (Phi) is 4.77. The number of aromatic nitrogens is 1. The van der Waals surface area contributed by atoms with E-state index in [1.54, 1.807) is 6.07 Å². The van der Waals surface area contributed by atoms with E-state index >= 15 is 0 Å². The maximum atomic E-state index is 5.70. The zero-order valence-electron chi connectivity index (χ0n) is 5.55. The molecule has 0 aliphatic rings. The molecule has 2 N–H and O–H groups in total. The van der Waals surface area contributed by atoms with Crippen molar-refractivity contribution in [2.75, 3.05) is 0 Å². The van der Waals surface area contributed by atoms with E-state index in [1.165, 1.54) is 6.20 Å². The molecule has 0 atom stereocenters. The summed E-state index contributed by atoms with van der Waals surface area (Å²) in [5.74, 6) is 0. The first-order valence-corrected chi connectivity index (χ1v) is 3.49. The van der Waals surface area contributed by atoms with Gasteiger partial charge in [0.2, 0.25) is 0 Å². The minimum Gasteiger partial charge on any atom is -0.325 e. The van der Waals surface area contributed by atoms with Crippen LogP contribution in [0.25, 0.3) is 0 Å². The minimum atomic E-state index is 0. The van der Waals surface area contributed by atoms with Gasteiger partial charge in [-0.25, -0.2) is 0 Å². The van der Waals surface area contributed by atoms with Gasteiger partial charge in [-0.15, -0.1) is 12.4 Å². The summed E-state index contributed by atoms with van der Waals surface area (Å²) < 4.78 is 0. The van der Waals surface area contributed by atoms with Gasteiger partial charge in [0, 0.05) is 12.7 Å². The zero-order chi connectivity index (χ0) is 7.56. The average molecular weight is 213 g/mol. The molecule has 1 rings (SSSR count). The summed E-state index contributed by atoms with van der Waals surface area (Å²) in [5.41, 5.74) is 5.98. The van der Waals surface area contributed by atoms with Gasteiger partial charge in [0.05, 0.1) is 15.7 Å². The van der Waals surface area contributed by atoms with Crippen LogP contribution in [-0.2, 0) is 6.54 Å². The van der Waals surface area contributed by atoms with Gasteiger partial charge in [0.1, 0.15) is 0 Å². The molecule has 0 bridgehead atoms. The fraction of sp³-hybridized carbons (Fsp3) is 0.167. The molecule has 0 spiro atoms. The highest BCUT2D eigenvalue weighted by Crippen LogP contribution is 2.17. The van der Waals surface area contributed by atoms with Crippen LogP contribution in [-0.4, -0.2) is 4.98 Å². The molecule has 1 aromatic heterocycles. The Labute approximate surface area is 81.1 Å². The van der Waals surface area contributed by atoms with Gasteiger partial charge in [0.15, 0.2) is 0 Å². The molecule has 0 fully saturated rings. The molecular weight excluding hydrogens is 206 g/mol. The van der Waals surface area contributed by atoms with Gasteiger partial charge in [-0.3, -0.25) is 4.98 Å². The van der Waals surface area contributed by atoms with Crippen LogP contribution < -0.4 is 5.73 Å². The van der Waals surface area contributed by atoms with E-state index in [0.717, 1.165) is 0 Å². The van der Waals surface area contributed by atoms with Gasteiger partial charge < -0.3 is 5.73 Å². The van der Waals surface area contributed by atoms with Crippen molar-refractivity contribution in [2.45, 2.75) is 6.54 Å². The fourth-order valence-corrected chi connectivity index (χ4v) is 1.05. The van der Waals surface area contributed by atoms with E-state index in [-0.39, 0.29) is 12.4 Å². The highest BCUT2D eigenvalue weighted by molar-refractivity contribution is 6.34. The molecule has 0 saturated carbocycles. The Morgan fingerprint density at radius 2 is 2.09 bits per heavy atom. The molecule has 1 aromatic rings. The minimum absolute atomic E-state index is 0. The van der Waals surface area contributed by atoms with E-state index in [9.17, 15) is 0 Å². The average Bonchev–Trinajstić information content (AvgIpc) is 1.88. The SMILES string of the molecule is Cl.NCc1ncc(Cl)cc1Cl. The number of hydrogen-bond acceptors (Lipinski definition) is 2. The van der Waals surface area contributed by atoms with Crippen LogP contribution in [0.4, 0.5) is 0 Å². The highest BCUT2D eigenvalue weighted by atomic mass is 35.5. The fourth-order valence-electron chi connectivity index (χ4n) is 0.593. The van der Waals surface area contributed by atoms with Crippen molar-refractivity contribution in [3.63, 3.8) is 0 Å². The van der Waals surface area contributed by atoms with Crippen LogP contribution in [0, 0.1) is 0 Å². The molecule has 0 aromatic carbocycles. The van der Waals surface area contributed by atoms with Crippen LogP contribution in [0.2, 0.25) is 10.0 Å². The molecule has 0 aliphatic carbocycles. The first-order chi connectivity index (χ1) is 4.74. The summed E-state index contributed by atoms with van der Waals surface area (Å²) in [6.45, 7) is 0.343. The van der Waals surface area contributed by atoms with E-state index in [0.29, 0.717) is 22.3 Å². The van der Waals surface area contributed by atoms with E-state index in [1.807, 2.05) is 0 Å². The second-order valence-corrected chi connectivity index (χ2v) is 2.63. The third kappa shape index (κ3) is 2.83. The van der Waals surface area contributed by atoms with Crippen LogP contribution >= 0.6 is 35.6 Å². The first kappa shape index (κ1) is 11.0. The lowest BCUT2D eigenvalue weighted by Gasteiger charge is -1.97. The number of pyridine rings is 1. The summed E-state index contributed by atoms with van der Waals surface area (Å²) >= 11 is 11.3. The van der Waals surface area contributed by atoms with Gasteiger partial charge in [-0.2, -0.15) is 0 Å². The Balaban J connectivity index is 0.000001000. The van der Waals surface area contributed by atoms with E-state index < -0.39 is 0 Å². The quantitative estimate of drug-likeness (QED) is 0.777. The van der Waals surface area contributed by atoms with Crippen molar-refractivity contribution in [1.82, 2.24) is 4.98 Å². The summed E-state index contributed by atoms with van der Waals surface area (Å²) in [7, 11) is 0. The number of halogens is 3. The molecule has 62 valence electrons. The standard InChI is InChI=1S/C6H6Cl2N2.ClH/c7-4-1-5(8)6(2-9)10-3-4;/h1,3H,2,9H2;1H. The molecule has 0 unspecified atom stereocenters. The van der Waals surface area contributed by atoms with E-state index in [4.69, 9.17) is 28.9 Å². The van der Waals surface area contributed by atoms with Crippen molar-refractivity contribution in [3.8, 4) is 0 Å². The Morgan fingerprint density at radius 1 is 1.45 bits per heavy atom. The Morgan fingerprint density at radius 3 is 2.55 bits per heavy atom. The van der Waals surface area contributed by atoms with Crippen LogP contribution in [0.3, 0.4) is 0 Å². The number of rotatable bonds is 1. The molecule has 0 saturated heterocycles. The van der Waals surface area contributed by atoms with Gasteiger partial charge in [0.25, 0.3) is 0 Å². The summed E-state index contributed by atoms with van der Waals surface area (Å²) in [6, 6.07) is 1.62. The zero-order valence-corrected chi connectivity index (χ0v) is 7.88. The lowest BCUT2D eigenvalue weighted by molar-refractivity contribution is 0.991. The molecule has 0 aliphatic heterocycles. The molecule has 0 amide bonds. The molecule has 11 heavy (non-hydrogen) atoms. The Bertz CT molecular complexity index is 239. The van der Waals surface area contributed by atoms with Crippen molar-refractivity contribution in [3.05, 3.63) is 28.0 Å². The molecule has 5 heteroatoms. The van der Waals surface area contributed by atoms with Crippen LogP contribution in [0.15, 0.2) is 12.3 Å². The van der Waals surface area contributed by atoms with E-state index in [2.05, 4.69) is 4.98 Å². The Hall–Kier alpha value is -0.0200. The largest absolute Gasteiger partial charge is 0.325 e. The van der Waals surface area contributed by atoms with Crippen LogP contribution in [0.1, 0.15) is 5.69 Å². The summed E-state index contributed by atoms with van der Waals surface area (Å²) in [5, 5.41) is 1.05. The monoisotopic (exact) mass is 212 g/mol. The maximum Gasteiger partial charge on any atom is 0.0726 e. The van der Waals surface area contributed by atoms with Crippen molar-refractivity contribution in [1.29, 1.82) is 0 Å². The van der Waals surface area contributed by atoms with Crippen molar-refractivity contribution < 1.29 is 0 Å². The maximum absolute atomic E-state index is 5.70. The number of nitrogens with two attached hydrogens (primary N) is 1. The second-order valence-electron chi connectivity index (χ2n) is 1.79. The van der Waals surface area contributed by atoms with Gasteiger partial charge in [-0.1, -0.05) is 23.2 Å². The molecule has 2 nitrogen and oxygen atoms in total. The molecular formula is C6H7Cl3N2. The molecule has 1 heterocycles. The second kappa shape index (κ2) is 4.78. The predicted molar refractivity (Wildman–Crippen MR) is 49.4 cm³/mol. The third-order valence-electron chi connectivity index (χ3n) is 1.08. The van der Waals surface area contributed by atoms with Gasteiger partial charge in [-0.05, 0) is 6.07 Å². The van der Waals surface area contributed by atoms with Crippen molar-refractivity contribution >= 4 is 35.6 Å². The summed E-state index contributed by atoms with van der Waals surface area (Å²) in [6.07, 6.45) is 1.52. The summed E-state index contributed by atoms with van der Waals surface area (Å²) in [4.78, 5) is 3.91.